The van der Waals surface area contributed by atoms with Crippen molar-refractivity contribution in [3.63, 3.8) is 0 Å². The molecule has 0 saturated carbocycles. The Morgan fingerprint density at radius 3 is 2.38 bits per heavy atom. The zero-order valence-electron chi connectivity index (χ0n) is 15.9. The maximum absolute atomic E-state index is 13.0. The van der Waals surface area contributed by atoms with E-state index in [0.717, 1.165) is 0 Å². The van der Waals surface area contributed by atoms with Crippen molar-refractivity contribution in [1.82, 2.24) is 0 Å². The number of methoxy groups -OCH3 is 1. The number of aromatic hydroxyl groups is 1. The number of ether oxygens (including phenoxy) is 1. The molecular formula is C22H20O7. The van der Waals surface area contributed by atoms with Crippen LogP contribution in [0.1, 0.15) is 74.8 Å². The molecule has 0 heterocycles. The molecule has 0 unspecified atom stereocenters. The fraction of sp³-hybridized carbons (Fsp3) is 0.318. The Morgan fingerprint density at radius 2 is 1.79 bits per heavy atom. The van der Waals surface area contributed by atoms with Crippen molar-refractivity contribution < 1.29 is 34.4 Å². The lowest BCUT2D eigenvalue weighted by Crippen LogP contribution is -2.46. The van der Waals surface area contributed by atoms with E-state index in [1.54, 1.807) is 19.1 Å². The molecule has 0 radical (unpaired) electrons. The number of aliphatic hydroxyl groups is 2. The summed E-state index contributed by atoms with van der Waals surface area (Å²) in [5.41, 5.74) is -1.46. The van der Waals surface area contributed by atoms with Crippen LogP contribution >= 0.6 is 0 Å². The first-order valence-electron chi connectivity index (χ1n) is 9.31. The van der Waals surface area contributed by atoms with Gasteiger partial charge in [-0.25, -0.2) is 0 Å². The fourth-order valence-corrected chi connectivity index (χ4v) is 4.52. The minimum absolute atomic E-state index is 0.0298. The number of carbonyl (C=O) groups excluding carboxylic acids is 3. The zero-order chi connectivity index (χ0) is 21.1. The highest BCUT2D eigenvalue weighted by atomic mass is 16.5. The highest BCUT2D eigenvalue weighted by Gasteiger charge is 2.51. The van der Waals surface area contributed by atoms with Crippen LogP contribution in [0.3, 0.4) is 0 Å². The van der Waals surface area contributed by atoms with Crippen LogP contribution in [0.15, 0.2) is 30.3 Å². The predicted molar refractivity (Wildman–Crippen MR) is 101 cm³/mol. The second-order valence-corrected chi connectivity index (χ2v) is 7.49. The predicted octanol–water partition coefficient (Wildman–Crippen LogP) is 2.00. The number of rotatable bonds is 2. The summed E-state index contributed by atoms with van der Waals surface area (Å²) in [5, 5.41) is 32.6. The Kier molecular flexibility index (Phi) is 4.33. The molecule has 7 nitrogen and oxygen atoms in total. The Labute approximate surface area is 166 Å². The molecule has 0 amide bonds. The zero-order valence-corrected chi connectivity index (χ0v) is 15.9. The number of ketones is 2. The van der Waals surface area contributed by atoms with E-state index in [1.165, 1.54) is 25.3 Å². The van der Waals surface area contributed by atoms with Crippen LogP contribution in [0.5, 0.6) is 5.75 Å². The monoisotopic (exact) mass is 396 g/mol. The first-order valence-corrected chi connectivity index (χ1v) is 9.31. The number of benzene rings is 2. The Hall–Kier alpha value is -3.03. The van der Waals surface area contributed by atoms with Crippen molar-refractivity contribution in [2.45, 2.75) is 37.4 Å². The van der Waals surface area contributed by atoms with E-state index in [4.69, 9.17) is 4.74 Å². The van der Waals surface area contributed by atoms with Crippen LogP contribution < -0.4 is 0 Å². The number of phenolic OH excluding ortho intramolecular Hbond substituents is 1. The summed E-state index contributed by atoms with van der Waals surface area (Å²) in [7, 11) is 1.17. The molecule has 2 aliphatic carbocycles. The second kappa shape index (κ2) is 6.50. The van der Waals surface area contributed by atoms with Crippen molar-refractivity contribution >= 4 is 17.5 Å². The average Bonchev–Trinajstić information content (AvgIpc) is 2.71. The van der Waals surface area contributed by atoms with E-state index in [9.17, 15) is 29.7 Å². The highest BCUT2D eigenvalue weighted by molar-refractivity contribution is 6.29. The minimum Gasteiger partial charge on any atom is -0.507 e. The van der Waals surface area contributed by atoms with Gasteiger partial charge in [0.25, 0.3) is 0 Å². The van der Waals surface area contributed by atoms with E-state index in [-0.39, 0.29) is 46.2 Å². The molecule has 29 heavy (non-hydrogen) atoms. The lowest BCUT2D eigenvalue weighted by atomic mass is 9.67. The Balaban J connectivity index is 2.03. The summed E-state index contributed by atoms with van der Waals surface area (Å²) < 4.78 is 4.85. The van der Waals surface area contributed by atoms with Gasteiger partial charge in [0.05, 0.1) is 24.4 Å². The van der Waals surface area contributed by atoms with Crippen LogP contribution in [0.4, 0.5) is 0 Å². The largest absolute Gasteiger partial charge is 0.507 e. The molecule has 2 aromatic rings. The van der Waals surface area contributed by atoms with Crippen molar-refractivity contribution in [1.29, 1.82) is 0 Å². The first kappa shape index (κ1) is 19.3. The Bertz CT molecular complexity index is 1070. The molecule has 3 N–H and O–H groups in total. The standard InChI is InChI=1S/C22H20O7/c1-3-22(28)9-14(23)15-12(17(22)21(27)29-2)8-13-16(20(15)26)19(25)11-7-5-4-6-10(11)18(13)24/h4-8,14,17,23,26,28H,3,9H2,1-2H3/t14-,17-,22-/m1/s1. The molecule has 0 fully saturated rings. The number of carbonyl (C=O) groups is 3. The molecule has 0 spiro atoms. The number of hydrogen-bond donors (Lipinski definition) is 3. The lowest BCUT2D eigenvalue weighted by Gasteiger charge is -2.42. The van der Waals surface area contributed by atoms with Crippen LogP contribution in [-0.2, 0) is 9.53 Å². The molecule has 0 aromatic heterocycles. The molecule has 0 saturated heterocycles. The van der Waals surface area contributed by atoms with Crippen molar-refractivity contribution in [3.05, 3.63) is 63.7 Å². The van der Waals surface area contributed by atoms with Gasteiger partial charge >= 0.3 is 5.97 Å². The van der Waals surface area contributed by atoms with Crippen LogP contribution in [-0.4, -0.2) is 45.6 Å². The molecule has 3 atom stereocenters. The second-order valence-electron chi connectivity index (χ2n) is 7.49. The van der Waals surface area contributed by atoms with Crippen LogP contribution in [0.2, 0.25) is 0 Å². The average molecular weight is 396 g/mol. The van der Waals surface area contributed by atoms with Crippen molar-refractivity contribution in [3.8, 4) is 5.75 Å². The fourth-order valence-electron chi connectivity index (χ4n) is 4.52. The SMILES string of the molecule is CC[C@@]1(O)C[C@@H](O)c2c(cc3c(c2O)C(=O)c2ccccc2C3=O)[C@@H]1C(=O)OC. The molecule has 7 heteroatoms. The molecular weight excluding hydrogens is 376 g/mol. The lowest BCUT2D eigenvalue weighted by molar-refractivity contribution is -0.153. The molecule has 2 aliphatic rings. The van der Waals surface area contributed by atoms with Gasteiger partial charge in [0.2, 0.25) is 0 Å². The summed E-state index contributed by atoms with van der Waals surface area (Å²) in [5.74, 6) is -3.51. The van der Waals surface area contributed by atoms with Gasteiger partial charge in [-0.2, -0.15) is 0 Å². The smallest absolute Gasteiger partial charge is 0.316 e. The maximum Gasteiger partial charge on any atom is 0.316 e. The topological polar surface area (TPSA) is 121 Å². The summed E-state index contributed by atoms with van der Waals surface area (Å²) in [4.78, 5) is 38.6. The Morgan fingerprint density at radius 1 is 1.17 bits per heavy atom. The summed E-state index contributed by atoms with van der Waals surface area (Å²) in [6.45, 7) is 1.66. The number of fused-ring (bicyclic) bond motifs is 3. The third-order valence-electron chi connectivity index (χ3n) is 6.04. The highest BCUT2D eigenvalue weighted by Crippen LogP contribution is 2.51. The van der Waals surface area contributed by atoms with Gasteiger partial charge in [-0.05, 0) is 18.1 Å². The molecule has 0 aliphatic heterocycles. The van der Waals surface area contributed by atoms with Crippen LogP contribution in [0.25, 0.3) is 0 Å². The number of esters is 1. The number of aliphatic hydroxyl groups excluding tert-OH is 1. The van der Waals surface area contributed by atoms with E-state index >= 15 is 0 Å². The molecule has 2 aromatic carbocycles. The quantitative estimate of drug-likeness (QED) is 0.567. The molecule has 4 rings (SSSR count). The summed E-state index contributed by atoms with van der Waals surface area (Å²) >= 11 is 0. The van der Waals surface area contributed by atoms with Gasteiger partial charge in [0.15, 0.2) is 11.6 Å². The third-order valence-corrected chi connectivity index (χ3v) is 6.04. The van der Waals surface area contributed by atoms with Crippen molar-refractivity contribution in [2.24, 2.45) is 0 Å². The third kappa shape index (κ3) is 2.54. The van der Waals surface area contributed by atoms with Gasteiger partial charge in [0.1, 0.15) is 11.7 Å². The normalized spacial score (nSPS) is 25.1. The van der Waals surface area contributed by atoms with E-state index in [2.05, 4.69) is 0 Å². The number of phenols is 1. The van der Waals surface area contributed by atoms with Gasteiger partial charge in [-0.3, -0.25) is 14.4 Å². The van der Waals surface area contributed by atoms with Gasteiger partial charge in [-0.1, -0.05) is 31.2 Å². The maximum atomic E-state index is 13.0. The molecule has 150 valence electrons. The minimum atomic E-state index is -1.63. The van der Waals surface area contributed by atoms with E-state index < -0.39 is 40.9 Å². The first-order chi connectivity index (χ1) is 13.7. The number of hydrogen-bond acceptors (Lipinski definition) is 7. The molecule has 0 bridgehead atoms. The summed E-state index contributed by atoms with van der Waals surface area (Å²) in [6, 6.07) is 7.59. The van der Waals surface area contributed by atoms with Crippen LogP contribution in [0, 0.1) is 0 Å². The van der Waals surface area contributed by atoms with E-state index in [1.807, 2.05) is 0 Å². The van der Waals surface area contributed by atoms with E-state index in [0.29, 0.717) is 0 Å². The van der Waals surface area contributed by atoms with Gasteiger partial charge in [0, 0.05) is 28.7 Å². The van der Waals surface area contributed by atoms with Gasteiger partial charge in [-0.15, -0.1) is 0 Å². The van der Waals surface area contributed by atoms with Crippen molar-refractivity contribution in [2.75, 3.05) is 7.11 Å². The summed E-state index contributed by atoms with van der Waals surface area (Å²) in [6.07, 6.45) is -1.40. The van der Waals surface area contributed by atoms with Gasteiger partial charge < -0.3 is 20.1 Å².